The summed E-state index contributed by atoms with van der Waals surface area (Å²) in [5.74, 6) is 0.102. The molecule has 1 fully saturated rings. The molecule has 1 aliphatic heterocycles. The van der Waals surface area contributed by atoms with Crippen LogP contribution in [0.4, 0.5) is 0 Å². The monoisotopic (exact) mass is 261 g/mol. The van der Waals surface area contributed by atoms with Crippen molar-refractivity contribution in [3.05, 3.63) is 35.9 Å². The lowest BCUT2D eigenvalue weighted by Gasteiger charge is -2.31. The van der Waals surface area contributed by atoms with Crippen molar-refractivity contribution in [3.8, 4) is 0 Å². The Balaban J connectivity index is 1.81. The second-order valence-corrected chi connectivity index (χ2v) is 5.29. The van der Waals surface area contributed by atoms with Gasteiger partial charge in [0.15, 0.2) is 0 Å². The van der Waals surface area contributed by atoms with E-state index in [1.165, 1.54) is 0 Å². The van der Waals surface area contributed by atoms with Crippen molar-refractivity contribution in [3.63, 3.8) is 0 Å². The Morgan fingerprint density at radius 3 is 2.89 bits per heavy atom. The van der Waals surface area contributed by atoms with Gasteiger partial charge in [-0.2, -0.15) is 0 Å². The number of carbonyl (C=O) groups is 1. The first-order valence-corrected chi connectivity index (χ1v) is 6.95. The average Bonchev–Trinajstić information content (AvgIpc) is 2.39. The molecule has 1 aromatic rings. The minimum atomic E-state index is 0.0639. The maximum absolute atomic E-state index is 12.0. The molecule has 1 heterocycles. The van der Waals surface area contributed by atoms with Crippen LogP contribution in [0.25, 0.3) is 0 Å². The van der Waals surface area contributed by atoms with Gasteiger partial charge in [-0.3, -0.25) is 9.69 Å². The first-order chi connectivity index (χ1) is 9.15. The van der Waals surface area contributed by atoms with Crippen LogP contribution in [0.3, 0.4) is 0 Å². The molecule has 2 rings (SSSR count). The summed E-state index contributed by atoms with van der Waals surface area (Å²) < 4.78 is 0. The zero-order valence-electron chi connectivity index (χ0n) is 11.7. The molecule has 1 aliphatic rings. The molecule has 2 N–H and O–H groups in total. The third kappa shape index (κ3) is 4.33. The van der Waals surface area contributed by atoms with E-state index in [1.807, 2.05) is 37.3 Å². The molecule has 0 aromatic heterocycles. The van der Waals surface area contributed by atoms with Crippen LogP contribution < -0.4 is 10.6 Å². The minimum absolute atomic E-state index is 0.0639. The molecule has 1 aromatic carbocycles. The van der Waals surface area contributed by atoms with Crippen molar-refractivity contribution in [1.82, 2.24) is 15.5 Å². The van der Waals surface area contributed by atoms with Gasteiger partial charge in [0.2, 0.25) is 5.91 Å². The molecule has 0 spiro atoms. The molecule has 0 saturated carbocycles. The van der Waals surface area contributed by atoms with E-state index in [1.54, 1.807) is 0 Å². The largest absolute Gasteiger partial charge is 0.348 e. The average molecular weight is 261 g/mol. The molecule has 2 atom stereocenters. The molecule has 19 heavy (non-hydrogen) atoms. The van der Waals surface area contributed by atoms with E-state index in [4.69, 9.17) is 0 Å². The van der Waals surface area contributed by atoms with Crippen LogP contribution in [-0.4, -0.2) is 43.0 Å². The lowest BCUT2D eigenvalue weighted by molar-refractivity contribution is -0.123. The maximum atomic E-state index is 12.0. The topological polar surface area (TPSA) is 44.4 Å². The molecule has 1 saturated heterocycles. The van der Waals surface area contributed by atoms with Gasteiger partial charge in [-0.25, -0.2) is 0 Å². The number of rotatable bonds is 4. The van der Waals surface area contributed by atoms with Gasteiger partial charge in [0.25, 0.3) is 0 Å². The molecule has 4 nitrogen and oxygen atoms in total. The number of nitrogens with zero attached hydrogens (tertiary/aromatic N) is 1. The van der Waals surface area contributed by atoms with Crippen molar-refractivity contribution in [2.24, 2.45) is 0 Å². The highest BCUT2D eigenvalue weighted by Gasteiger charge is 2.18. The van der Waals surface area contributed by atoms with Crippen LogP contribution in [0.1, 0.15) is 25.5 Å². The highest BCUT2D eigenvalue weighted by atomic mass is 16.2. The first kappa shape index (κ1) is 14.0. The van der Waals surface area contributed by atoms with E-state index in [0.29, 0.717) is 12.6 Å². The zero-order chi connectivity index (χ0) is 13.7. The molecule has 0 aliphatic carbocycles. The van der Waals surface area contributed by atoms with Gasteiger partial charge >= 0.3 is 0 Å². The summed E-state index contributed by atoms with van der Waals surface area (Å²) in [6, 6.07) is 10.6. The fourth-order valence-corrected chi connectivity index (χ4v) is 2.47. The number of hydrogen-bond acceptors (Lipinski definition) is 3. The molecule has 0 radical (unpaired) electrons. The number of piperazine rings is 1. The second kappa shape index (κ2) is 6.68. The summed E-state index contributed by atoms with van der Waals surface area (Å²) >= 11 is 0. The number of benzene rings is 1. The Bertz CT molecular complexity index is 407. The van der Waals surface area contributed by atoms with Crippen LogP contribution in [0.2, 0.25) is 0 Å². The van der Waals surface area contributed by atoms with Crippen LogP contribution in [0.15, 0.2) is 30.3 Å². The zero-order valence-corrected chi connectivity index (χ0v) is 11.7. The van der Waals surface area contributed by atoms with Crippen molar-refractivity contribution < 1.29 is 4.79 Å². The van der Waals surface area contributed by atoms with E-state index in [2.05, 4.69) is 22.5 Å². The van der Waals surface area contributed by atoms with Gasteiger partial charge in [-0.05, 0) is 19.4 Å². The predicted octanol–water partition coefficient (Wildman–Crippen LogP) is 1.16. The highest BCUT2D eigenvalue weighted by molar-refractivity contribution is 5.78. The number of carbonyl (C=O) groups excluding carboxylic acids is 1. The molecule has 4 heteroatoms. The molecular weight excluding hydrogens is 238 g/mol. The Hall–Kier alpha value is -1.39. The Morgan fingerprint density at radius 2 is 2.21 bits per heavy atom. The van der Waals surface area contributed by atoms with Gasteiger partial charge in [0.05, 0.1) is 12.6 Å². The quantitative estimate of drug-likeness (QED) is 0.855. The first-order valence-electron chi connectivity index (χ1n) is 6.95. The summed E-state index contributed by atoms with van der Waals surface area (Å²) in [6.07, 6.45) is 0. The van der Waals surface area contributed by atoms with Crippen molar-refractivity contribution in [2.45, 2.75) is 25.9 Å². The van der Waals surface area contributed by atoms with Crippen molar-refractivity contribution in [1.29, 1.82) is 0 Å². The van der Waals surface area contributed by atoms with E-state index in [9.17, 15) is 4.79 Å². The van der Waals surface area contributed by atoms with Crippen LogP contribution in [0.5, 0.6) is 0 Å². The van der Waals surface area contributed by atoms with E-state index in [0.717, 1.165) is 25.2 Å². The fraction of sp³-hybridized carbons (Fsp3) is 0.533. The van der Waals surface area contributed by atoms with E-state index >= 15 is 0 Å². The lowest BCUT2D eigenvalue weighted by atomic mass is 10.1. The highest BCUT2D eigenvalue weighted by Crippen LogP contribution is 2.10. The van der Waals surface area contributed by atoms with E-state index in [-0.39, 0.29) is 11.9 Å². The van der Waals surface area contributed by atoms with Gasteiger partial charge in [-0.1, -0.05) is 30.3 Å². The summed E-state index contributed by atoms with van der Waals surface area (Å²) in [5.41, 5.74) is 1.14. The Labute approximate surface area is 115 Å². The standard InChI is InChI=1S/C15H23N3O/c1-12-10-18(9-8-16-12)11-15(19)17-13(2)14-6-4-3-5-7-14/h3-7,12-13,16H,8-11H2,1-2H3,(H,17,19). The third-order valence-electron chi connectivity index (χ3n) is 3.50. The maximum Gasteiger partial charge on any atom is 0.234 e. The van der Waals surface area contributed by atoms with Crippen LogP contribution in [0, 0.1) is 0 Å². The van der Waals surface area contributed by atoms with E-state index < -0.39 is 0 Å². The van der Waals surface area contributed by atoms with Crippen molar-refractivity contribution in [2.75, 3.05) is 26.2 Å². The summed E-state index contributed by atoms with van der Waals surface area (Å²) in [7, 11) is 0. The molecular formula is C15H23N3O. The molecule has 2 unspecified atom stereocenters. The van der Waals surface area contributed by atoms with Crippen molar-refractivity contribution >= 4 is 5.91 Å². The molecule has 0 bridgehead atoms. The number of hydrogen-bond donors (Lipinski definition) is 2. The number of amides is 1. The third-order valence-corrected chi connectivity index (χ3v) is 3.50. The fourth-order valence-electron chi connectivity index (χ4n) is 2.47. The Morgan fingerprint density at radius 1 is 1.47 bits per heavy atom. The minimum Gasteiger partial charge on any atom is -0.348 e. The summed E-state index contributed by atoms with van der Waals surface area (Å²) in [4.78, 5) is 14.2. The lowest BCUT2D eigenvalue weighted by Crippen LogP contribution is -2.51. The van der Waals surface area contributed by atoms with Gasteiger partial charge in [0.1, 0.15) is 0 Å². The van der Waals surface area contributed by atoms with Gasteiger partial charge in [0, 0.05) is 25.7 Å². The normalized spacial score (nSPS) is 21.9. The summed E-state index contributed by atoms with van der Waals surface area (Å²) in [5, 5.41) is 6.44. The Kier molecular flexibility index (Phi) is 4.93. The van der Waals surface area contributed by atoms with Gasteiger partial charge in [-0.15, -0.1) is 0 Å². The van der Waals surface area contributed by atoms with Crippen LogP contribution in [-0.2, 0) is 4.79 Å². The predicted molar refractivity (Wildman–Crippen MR) is 76.9 cm³/mol. The number of nitrogens with one attached hydrogen (secondary N) is 2. The smallest absolute Gasteiger partial charge is 0.234 e. The molecule has 104 valence electrons. The SMILES string of the molecule is CC1CN(CC(=O)NC(C)c2ccccc2)CCN1. The molecule has 1 amide bonds. The second-order valence-electron chi connectivity index (χ2n) is 5.29. The van der Waals surface area contributed by atoms with Crippen LogP contribution >= 0.6 is 0 Å². The van der Waals surface area contributed by atoms with Gasteiger partial charge < -0.3 is 10.6 Å². The summed E-state index contributed by atoms with van der Waals surface area (Å²) in [6.45, 7) is 7.50.